The van der Waals surface area contributed by atoms with Crippen molar-refractivity contribution in [2.45, 2.75) is 64.1 Å². The lowest BCUT2D eigenvalue weighted by Crippen LogP contribution is -2.40. The summed E-state index contributed by atoms with van der Waals surface area (Å²) in [5, 5.41) is 11.2. The number of amides is 1. The van der Waals surface area contributed by atoms with E-state index in [2.05, 4.69) is 0 Å². The molecule has 32 heavy (non-hydrogen) atoms. The molecule has 1 saturated heterocycles. The van der Waals surface area contributed by atoms with Gasteiger partial charge in [0.2, 0.25) is 0 Å². The minimum Gasteiger partial charge on any atom is -0.507 e. The minimum atomic E-state index is -0.756. The van der Waals surface area contributed by atoms with Gasteiger partial charge in [-0.3, -0.25) is 9.59 Å². The van der Waals surface area contributed by atoms with Crippen molar-refractivity contribution in [2.75, 3.05) is 0 Å². The van der Waals surface area contributed by atoms with Gasteiger partial charge >= 0.3 is 0 Å². The summed E-state index contributed by atoms with van der Waals surface area (Å²) in [5.74, 6) is -1.41. The number of aliphatic hydroxyl groups excluding tert-OH is 1. The molecule has 6 heteroatoms. The Morgan fingerprint density at radius 3 is 2.41 bits per heavy atom. The first kappa shape index (κ1) is 22.1. The molecule has 0 bridgehead atoms. The molecule has 1 saturated carbocycles. The number of Topliss-reactive ketones (excluding diaryl/α,β-unsaturated/α-hetero) is 1. The Kier molecular flexibility index (Phi) is 6.31. The molecule has 1 N–H and O–H groups in total. The Morgan fingerprint density at radius 1 is 1.06 bits per heavy atom. The van der Waals surface area contributed by atoms with Crippen LogP contribution in [0.1, 0.15) is 63.1 Å². The fourth-order valence-electron chi connectivity index (χ4n) is 4.70. The van der Waals surface area contributed by atoms with Crippen molar-refractivity contribution in [1.82, 2.24) is 4.90 Å². The van der Waals surface area contributed by atoms with E-state index in [1.54, 1.807) is 41.3 Å². The molecule has 1 amide bonds. The fourth-order valence-corrected chi connectivity index (χ4v) is 4.70. The van der Waals surface area contributed by atoms with Crippen LogP contribution >= 0.6 is 0 Å². The molecule has 1 aliphatic heterocycles. The number of carbonyl (C=O) groups excluding carboxylic acids is 2. The average molecular weight is 438 g/mol. The Hall–Kier alpha value is -3.15. The third-order valence-corrected chi connectivity index (χ3v) is 6.11. The van der Waals surface area contributed by atoms with E-state index in [0.29, 0.717) is 16.9 Å². The number of hydrogen-bond donors (Lipinski definition) is 1. The maximum absolute atomic E-state index is 13.6. The molecular formula is C26H28FNO4. The van der Waals surface area contributed by atoms with Crippen molar-refractivity contribution < 1.29 is 23.8 Å². The van der Waals surface area contributed by atoms with Crippen molar-refractivity contribution in [1.29, 1.82) is 0 Å². The molecule has 168 valence electrons. The number of benzene rings is 2. The van der Waals surface area contributed by atoms with Gasteiger partial charge < -0.3 is 14.7 Å². The smallest absolute Gasteiger partial charge is 0.295 e. The molecule has 1 atom stereocenters. The largest absolute Gasteiger partial charge is 0.507 e. The molecule has 2 aromatic rings. The van der Waals surface area contributed by atoms with Gasteiger partial charge in [-0.25, -0.2) is 4.39 Å². The van der Waals surface area contributed by atoms with Crippen molar-refractivity contribution in [3.63, 3.8) is 0 Å². The summed E-state index contributed by atoms with van der Waals surface area (Å²) in [4.78, 5) is 27.9. The topological polar surface area (TPSA) is 66.8 Å². The highest BCUT2D eigenvalue weighted by atomic mass is 19.1. The second kappa shape index (κ2) is 9.15. The predicted octanol–water partition coefficient (Wildman–Crippen LogP) is 5.37. The van der Waals surface area contributed by atoms with E-state index in [1.165, 1.54) is 12.1 Å². The highest BCUT2D eigenvalue weighted by Crippen LogP contribution is 2.43. The van der Waals surface area contributed by atoms with Gasteiger partial charge in [-0.2, -0.15) is 0 Å². The summed E-state index contributed by atoms with van der Waals surface area (Å²) < 4.78 is 19.3. The second-order valence-corrected chi connectivity index (χ2v) is 8.74. The van der Waals surface area contributed by atoms with Crippen LogP contribution in [0.2, 0.25) is 0 Å². The first-order valence-electron chi connectivity index (χ1n) is 11.2. The van der Waals surface area contributed by atoms with Crippen LogP contribution < -0.4 is 4.74 Å². The van der Waals surface area contributed by atoms with Gasteiger partial charge in [-0.15, -0.1) is 0 Å². The van der Waals surface area contributed by atoms with E-state index in [4.69, 9.17) is 4.74 Å². The van der Waals surface area contributed by atoms with Gasteiger partial charge in [0.25, 0.3) is 11.7 Å². The number of hydrogen-bond acceptors (Lipinski definition) is 4. The standard InChI is InChI=1S/C26H28FNO4/c1-16(2)32-21-10-6-7-18(15-21)24(29)22-23(17-11-13-19(27)14-12-17)28(26(31)25(22)30)20-8-4-3-5-9-20/h6-7,10-16,20,23,29H,3-5,8-9H2,1-2H3/b24-22-. The van der Waals surface area contributed by atoms with E-state index in [1.807, 2.05) is 13.8 Å². The zero-order valence-electron chi connectivity index (χ0n) is 18.4. The van der Waals surface area contributed by atoms with Gasteiger partial charge in [0.05, 0.1) is 17.7 Å². The Morgan fingerprint density at radius 2 is 1.75 bits per heavy atom. The molecule has 2 aliphatic rings. The van der Waals surface area contributed by atoms with Gasteiger partial charge in [0, 0.05) is 11.6 Å². The van der Waals surface area contributed by atoms with Crippen LogP contribution in [0, 0.1) is 5.82 Å². The molecule has 5 nitrogen and oxygen atoms in total. The van der Waals surface area contributed by atoms with Gasteiger partial charge in [-0.1, -0.05) is 43.5 Å². The number of halogens is 1. The van der Waals surface area contributed by atoms with E-state index < -0.39 is 23.5 Å². The third kappa shape index (κ3) is 4.27. The quantitative estimate of drug-likeness (QED) is 0.388. The van der Waals surface area contributed by atoms with Crippen molar-refractivity contribution in [3.05, 3.63) is 71.0 Å². The van der Waals surface area contributed by atoms with Crippen molar-refractivity contribution in [2.24, 2.45) is 0 Å². The molecule has 2 aromatic carbocycles. The van der Waals surface area contributed by atoms with Crippen LogP contribution in [0.25, 0.3) is 5.76 Å². The van der Waals surface area contributed by atoms with Crippen LogP contribution in [0.5, 0.6) is 5.75 Å². The zero-order valence-corrected chi connectivity index (χ0v) is 18.4. The van der Waals surface area contributed by atoms with Gasteiger partial charge in [0.15, 0.2) is 0 Å². The maximum Gasteiger partial charge on any atom is 0.295 e. The van der Waals surface area contributed by atoms with Gasteiger partial charge in [-0.05, 0) is 56.5 Å². The summed E-state index contributed by atoms with van der Waals surface area (Å²) >= 11 is 0. The molecule has 1 aliphatic carbocycles. The summed E-state index contributed by atoms with van der Waals surface area (Å²) in [5.41, 5.74) is 1.04. The van der Waals surface area contributed by atoms with E-state index in [9.17, 15) is 19.1 Å². The minimum absolute atomic E-state index is 0.0360. The Labute approximate surface area is 187 Å². The molecule has 0 radical (unpaired) electrons. The molecule has 1 heterocycles. The lowest BCUT2D eigenvalue weighted by Gasteiger charge is -2.35. The molecule has 2 fully saturated rings. The Balaban J connectivity index is 1.83. The summed E-state index contributed by atoms with van der Waals surface area (Å²) in [6, 6.07) is 11.8. The number of carbonyl (C=O) groups is 2. The van der Waals surface area contributed by atoms with E-state index in [-0.39, 0.29) is 23.5 Å². The Bertz CT molecular complexity index is 1040. The predicted molar refractivity (Wildman–Crippen MR) is 120 cm³/mol. The molecular weight excluding hydrogens is 409 g/mol. The number of ketones is 1. The normalized spacial score (nSPS) is 21.4. The average Bonchev–Trinajstić information content (AvgIpc) is 3.05. The number of likely N-dealkylation sites (tertiary alicyclic amines) is 1. The van der Waals surface area contributed by atoms with Crippen molar-refractivity contribution >= 4 is 17.4 Å². The summed E-state index contributed by atoms with van der Waals surface area (Å²) in [7, 11) is 0. The number of nitrogens with zero attached hydrogens (tertiary/aromatic N) is 1. The lowest BCUT2D eigenvalue weighted by atomic mass is 9.91. The van der Waals surface area contributed by atoms with E-state index >= 15 is 0 Å². The molecule has 0 spiro atoms. The first-order valence-corrected chi connectivity index (χ1v) is 11.2. The van der Waals surface area contributed by atoms with Crippen molar-refractivity contribution in [3.8, 4) is 5.75 Å². The summed E-state index contributed by atoms with van der Waals surface area (Å²) in [6.07, 6.45) is 4.63. The summed E-state index contributed by atoms with van der Waals surface area (Å²) in [6.45, 7) is 3.80. The number of rotatable bonds is 5. The van der Waals surface area contributed by atoms with Crippen LogP contribution in [0.3, 0.4) is 0 Å². The SMILES string of the molecule is CC(C)Oc1cccc(/C(O)=C2/C(=O)C(=O)N(C3CCCCC3)C2c2ccc(F)cc2)c1. The number of aliphatic hydroxyl groups is 1. The second-order valence-electron chi connectivity index (χ2n) is 8.74. The molecule has 1 unspecified atom stereocenters. The molecule has 4 rings (SSSR count). The first-order chi connectivity index (χ1) is 15.4. The highest BCUT2D eigenvalue weighted by Gasteiger charge is 2.48. The fraction of sp³-hybridized carbons (Fsp3) is 0.385. The number of ether oxygens (including phenoxy) is 1. The highest BCUT2D eigenvalue weighted by molar-refractivity contribution is 6.46. The van der Waals surface area contributed by atoms with Crippen LogP contribution in [0.15, 0.2) is 54.1 Å². The van der Waals surface area contributed by atoms with Crippen LogP contribution in [-0.4, -0.2) is 33.8 Å². The van der Waals surface area contributed by atoms with Gasteiger partial charge in [0.1, 0.15) is 17.3 Å². The van der Waals surface area contributed by atoms with E-state index in [0.717, 1.165) is 32.1 Å². The third-order valence-electron chi connectivity index (χ3n) is 6.11. The monoisotopic (exact) mass is 437 g/mol. The molecule has 0 aromatic heterocycles. The zero-order chi connectivity index (χ0) is 22.8. The maximum atomic E-state index is 13.6. The van der Waals surface area contributed by atoms with Crippen LogP contribution in [0.4, 0.5) is 4.39 Å². The lowest BCUT2D eigenvalue weighted by molar-refractivity contribution is -0.141. The van der Waals surface area contributed by atoms with Crippen LogP contribution in [-0.2, 0) is 9.59 Å².